The molecule has 0 saturated carbocycles. The van der Waals surface area contributed by atoms with Crippen LogP contribution in [0.2, 0.25) is 18.1 Å². The fourth-order valence-electron chi connectivity index (χ4n) is 5.55. The number of benzene rings is 1. The van der Waals surface area contributed by atoms with Gasteiger partial charge in [0.25, 0.3) is 0 Å². The summed E-state index contributed by atoms with van der Waals surface area (Å²) in [6.07, 6.45) is 13.7. The number of nitrogens with one attached hydrogen (secondary N) is 1. The second-order valence-electron chi connectivity index (χ2n) is 13.9. The zero-order valence-electron chi connectivity index (χ0n) is 29.9. The Morgan fingerprint density at radius 3 is 2.38 bits per heavy atom. The molecular weight excluding hydrogens is 582 g/mol. The molecule has 1 aliphatic rings. The Morgan fingerprint density at radius 1 is 1.07 bits per heavy atom. The van der Waals surface area contributed by atoms with Crippen LogP contribution < -0.4 is 10.1 Å². The molecule has 1 aromatic carbocycles. The summed E-state index contributed by atoms with van der Waals surface area (Å²) in [6.45, 7) is 16.6. The first-order valence-electron chi connectivity index (χ1n) is 16.9. The van der Waals surface area contributed by atoms with E-state index in [1.165, 1.54) is 24.8 Å². The summed E-state index contributed by atoms with van der Waals surface area (Å²) in [5.41, 5.74) is 2.24. The minimum Gasteiger partial charge on any atom is -0.497 e. The Hall–Kier alpha value is -1.97. The molecule has 1 aliphatic carbocycles. The summed E-state index contributed by atoms with van der Waals surface area (Å²) in [5, 5.41) is 3.22. The number of carbonyl (C=O) groups is 1. The molecule has 1 aromatic rings. The van der Waals surface area contributed by atoms with Crippen LogP contribution in [-0.2, 0) is 30.0 Å². The van der Waals surface area contributed by atoms with Crippen molar-refractivity contribution in [2.24, 2.45) is 5.92 Å². The summed E-state index contributed by atoms with van der Waals surface area (Å²) in [6, 6.07) is 7.97. The molecule has 0 fully saturated rings. The van der Waals surface area contributed by atoms with E-state index in [2.05, 4.69) is 71.3 Å². The standard InChI is InChI=1S/C37H63NO6Si/c1-11-12-14-17-30(40-6)18-15-13-16-19-34(39)38-26-33(42-8)35-32(44-45(9,10)37(3,4)5)25-20-28(2)36(35)43-27-29-21-23-31(41-7)24-22-29/h13,15,20-24,30,32-33,35-36H,11-12,14,16-19,25-27H2,1-10H3,(H,38,39)/b15-13+/t30-,32-,33-,35-,36-/m0/s1. The third kappa shape index (κ3) is 13.0. The van der Waals surface area contributed by atoms with Gasteiger partial charge >= 0.3 is 0 Å². The third-order valence-corrected chi connectivity index (χ3v) is 14.0. The normalized spacial score (nSPS) is 20.6. The van der Waals surface area contributed by atoms with Crippen molar-refractivity contribution < 1.29 is 28.2 Å². The number of hydrogen-bond acceptors (Lipinski definition) is 6. The Bertz CT molecular complexity index is 1050. The monoisotopic (exact) mass is 645 g/mol. The zero-order chi connectivity index (χ0) is 33.5. The maximum atomic E-state index is 12.9. The molecule has 5 atom stereocenters. The minimum absolute atomic E-state index is 0.0218. The van der Waals surface area contributed by atoms with Crippen molar-refractivity contribution in [3.8, 4) is 5.75 Å². The first-order chi connectivity index (χ1) is 21.4. The van der Waals surface area contributed by atoms with Gasteiger partial charge in [-0.15, -0.1) is 0 Å². The van der Waals surface area contributed by atoms with Crippen LogP contribution in [0.25, 0.3) is 0 Å². The van der Waals surface area contributed by atoms with Crippen LogP contribution in [0.3, 0.4) is 0 Å². The van der Waals surface area contributed by atoms with Crippen LogP contribution in [0.15, 0.2) is 48.1 Å². The summed E-state index contributed by atoms with van der Waals surface area (Å²) >= 11 is 0. The van der Waals surface area contributed by atoms with Gasteiger partial charge in [-0.25, -0.2) is 0 Å². The third-order valence-electron chi connectivity index (χ3n) is 9.54. The number of ether oxygens (including phenoxy) is 4. The van der Waals surface area contributed by atoms with Gasteiger partial charge in [0, 0.05) is 33.1 Å². The van der Waals surface area contributed by atoms with E-state index in [1.54, 1.807) is 21.3 Å². The van der Waals surface area contributed by atoms with E-state index in [9.17, 15) is 4.79 Å². The number of amides is 1. The SMILES string of the molecule is CCCCC[C@@H](C/C=C/CCC(=O)NC[C@H](OC)[C@@H]1[C@@H](O[Si](C)(C)C(C)(C)C)CC=C(C)[C@@H]1OCc1ccc(OC)cc1)OC. The smallest absolute Gasteiger partial charge is 0.220 e. The molecule has 1 amide bonds. The molecule has 8 heteroatoms. The highest BCUT2D eigenvalue weighted by molar-refractivity contribution is 6.74. The predicted molar refractivity (Wildman–Crippen MR) is 187 cm³/mol. The van der Waals surface area contributed by atoms with E-state index in [0.717, 1.165) is 30.6 Å². The summed E-state index contributed by atoms with van der Waals surface area (Å²) < 4.78 is 30.8. The fraction of sp³-hybridized carbons (Fsp3) is 0.703. The number of unbranched alkanes of at least 4 members (excludes halogenated alkanes) is 2. The van der Waals surface area contributed by atoms with Gasteiger partial charge in [-0.2, -0.15) is 0 Å². The lowest BCUT2D eigenvalue weighted by Crippen LogP contribution is -2.54. The summed E-state index contributed by atoms with van der Waals surface area (Å²) in [5.74, 6) is 0.764. The molecular formula is C37H63NO6Si. The first-order valence-corrected chi connectivity index (χ1v) is 19.8. The molecule has 45 heavy (non-hydrogen) atoms. The predicted octanol–water partition coefficient (Wildman–Crippen LogP) is 8.39. The highest BCUT2D eigenvalue weighted by atomic mass is 28.4. The van der Waals surface area contributed by atoms with Crippen LogP contribution in [0.1, 0.15) is 91.5 Å². The molecule has 2 rings (SSSR count). The van der Waals surface area contributed by atoms with Crippen molar-refractivity contribution in [2.45, 2.75) is 135 Å². The number of allylic oxidation sites excluding steroid dienone is 1. The highest BCUT2D eigenvalue weighted by Gasteiger charge is 2.46. The van der Waals surface area contributed by atoms with Gasteiger partial charge in [-0.3, -0.25) is 4.79 Å². The molecule has 0 radical (unpaired) electrons. The van der Waals surface area contributed by atoms with Gasteiger partial charge < -0.3 is 28.7 Å². The maximum absolute atomic E-state index is 12.9. The summed E-state index contributed by atoms with van der Waals surface area (Å²) in [4.78, 5) is 12.9. The molecule has 0 unspecified atom stereocenters. The molecule has 0 saturated heterocycles. The van der Waals surface area contributed by atoms with Crippen LogP contribution in [0, 0.1) is 5.92 Å². The van der Waals surface area contributed by atoms with Crippen molar-refractivity contribution in [3.05, 3.63) is 53.6 Å². The summed E-state index contributed by atoms with van der Waals surface area (Å²) in [7, 11) is 3.09. The van der Waals surface area contributed by atoms with Crippen LogP contribution in [-0.4, -0.2) is 66.5 Å². The Labute approximate surface area is 275 Å². The maximum Gasteiger partial charge on any atom is 0.220 e. The van der Waals surface area contributed by atoms with E-state index in [4.69, 9.17) is 23.4 Å². The quantitative estimate of drug-likeness (QED) is 0.0872. The van der Waals surface area contributed by atoms with E-state index >= 15 is 0 Å². The molecule has 1 N–H and O–H groups in total. The molecule has 256 valence electrons. The lowest BCUT2D eigenvalue weighted by Gasteiger charge is -2.46. The molecule has 0 heterocycles. The van der Waals surface area contributed by atoms with E-state index in [-0.39, 0.29) is 41.3 Å². The second-order valence-corrected chi connectivity index (χ2v) is 18.7. The van der Waals surface area contributed by atoms with Crippen molar-refractivity contribution in [2.75, 3.05) is 27.9 Å². The Balaban J connectivity index is 2.10. The number of methoxy groups -OCH3 is 3. The average Bonchev–Trinajstić information content (AvgIpc) is 3.00. The van der Waals surface area contributed by atoms with Crippen LogP contribution in [0.5, 0.6) is 5.75 Å². The van der Waals surface area contributed by atoms with Gasteiger partial charge in [-0.1, -0.05) is 77.3 Å². The largest absolute Gasteiger partial charge is 0.497 e. The van der Waals surface area contributed by atoms with Crippen LogP contribution >= 0.6 is 0 Å². The first kappa shape index (κ1) is 39.2. The Morgan fingerprint density at radius 2 is 1.78 bits per heavy atom. The van der Waals surface area contributed by atoms with Crippen molar-refractivity contribution >= 4 is 14.2 Å². The Kier molecular flexibility index (Phi) is 17.1. The average molecular weight is 646 g/mol. The van der Waals surface area contributed by atoms with E-state index < -0.39 is 8.32 Å². The number of hydrogen-bond donors (Lipinski definition) is 1. The molecule has 0 aromatic heterocycles. The highest BCUT2D eigenvalue weighted by Crippen LogP contribution is 2.42. The zero-order valence-corrected chi connectivity index (χ0v) is 30.9. The second kappa shape index (κ2) is 19.6. The van der Waals surface area contributed by atoms with E-state index in [1.807, 2.05) is 24.3 Å². The van der Waals surface area contributed by atoms with Crippen molar-refractivity contribution in [3.63, 3.8) is 0 Å². The topological polar surface area (TPSA) is 75.3 Å². The minimum atomic E-state index is -2.09. The van der Waals surface area contributed by atoms with Gasteiger partial charge in [-0.05, 0) is 74.0 Å². The molecule has 7 nitrogen and oxygen atoms in total. The van der Waals surface area contributed by atoms with Gasteiger partial charge in [0.05, 0.1) is 38.1 Å². The van der Waals surface area contributed by atoms with Crippen LogP contribution in [0.4, 0.5) is 0 Å². The lowest BCUT2D eigenvalue weighted by molar-refractivity contribution is -0.123. The van der Waals surface area contributed by atoms with Gasteiger partial charge in [0.2, 0.25) is 5.91 Å². The molecule has 0 spiro atoms. The van der Waals surface area contributed by atoms with Gasteiger partial charge in [0.15, 0.2) is 8.32 Å². The lowest BCUT2D eigenvalue weighted by atomic mass is 9.80. The fourth-order valence-corrected chi connectivity index (χ4v) is 6.92. The van der Waals surface area contributed by atoms with Gasteiger partial charge in [0.1, 0.15) is 5.75 Å². The number of rotatable bonds is 20. The number of carbonyl (C=O) groups excluding carboxylic acids is 1. The van der Waals surface area contributed by atoms with E-state index in [0.29, 0.717) is 26.0 Å². The van der Waals surface area contributed by atoms with Crippen molar-refractivity contribution in [1.82, 2.24) is 5.32 Å². The van der Waals surface area contributed by atoms with Crippen molar-refractivity contribution in [1.29, 1.82) is 0 Å². The molecule has 0 aliphatic heterocycles. The molecule has 0 bridgehead atoms.